The number of allylic oxidation sites excluding steroid dienone is 3. The van der Waals surface area contributed by atoms with Crippen LogP contribution in [0.3, 0.4) is 0 Å². The number of fused-ring (bicyclic) bond motifs is 1. The number of aliphatic imine (C=N–C) groups is 1. The van der Waals surface area contributed by atoms with Crippen LogP contribution in [-0.4, -0.2) is 31.8 Å². The molecule has 0 spiro atoms. The number of hydrogen-bond donors (Lipinski definition) is 1. The molecule has 5 heteroatoms. The molecule has 27 heavy (non-hydrogen) atoms. The van der Waals surface area contributed by atoms with E-state index in [0.717, 1.165) is 28.6 Å². The van der Waals surface area contributed by atoms with Crippen molar-refractivity contribution in [2.24, 2.45) is 10.7 Å². The number of likely N-dealkylation sites (N-methyl/N-ethyl adjacent to an activating group) is 1. The summed E-state index contributed by atoms with van der Waals surface area (Å²) in [6.45, 7) is 8.65. The minimum Gasteiger partial charge on any atom is -0.404 e. The summed E-state index contributed by atoms with van der Waals surface area (Å²) in [6, 6.07) is 10.5. The van der Waals surface area contributed by atoms with Crippen LogP contribution in [0.1, 0.15) is 27.5 Å². The van der Waals surface area contributed by atoms with E-state index >= 15 is 0 Å². The van der Waals surface area contributed by atoms with Crippen molar-refractivity contribution in [3.8, 4) is 0 Å². The molecule has 1 aliphatic heterocycles. The molecule has 1 atom stereocenters. The molecule has 0 radical (unpaired) electrons. The van der Waals surface area contributed by atoms with Crippen molar-refractivity contribution in [3.05, 3.63) is 87.7 Å². The molecule has 0 amide bonds. The van der Waals surface area contributed by atoms with E-state index in [1.807, 2.05) is 12.3 Å². The number of benzene rings is 1. The Morgan fingerprint density at radius 2 is 2.00 bits per heavy atom. The highest BCUT2D eigenvalue weighted by molar-refractivity contribution is 7.16. The lowest BCUT2D eigenvalue weighted by molar-refractivity contribution is 0.299. The average Bonchev–Trinajstić information content (AvgIpc) is 3.05. The zero-order valence-corrected chi connectivity index (χ0v) is 17.4. The third kappa shape index (κ3) is 5.19. The zero-order chi connectivity index (χ0) is 19.8. The van der Waals surface area contributed by atoms with Gasteiger partial charge >= 0.3 is 0 Å². The van der Waals surface area contributed by atoms with Crippen molar-refractivity contribution in [2.75, 3.05) is 20.6 Å². The molecule has 2 aromatic rings. The van der Waals surface area contributed by atoms with Gasteiger partial charge in [0.05, 0.1) is 4.34 Å². The smallest absolute Gasteiger partial charge is 0.0934 e. The van der Waals surface area contributed by atoms with Crippen LogP contribution in [0.15, 0.2) is 66.8 Å². The largest absolute Gasteiger partial charge is 0.404 e. The number of nitrogens with zero attached hydrogens (tertiary/aromatic N) is 2. The van der Waals surface area contributed by atoms with Gasteiger partial charge in [-0.25, -0.2) is 0 Å². The highest BCUT2D eigenvalue weighted by Gasteiger charge is 2.28. The quantitative estimate of drug-likeness (QED) is 0.557. The van der Waals surface area contributed by atoms with Crippen LogP contribution in [0.25, 0.3) is 5.57 Å². The minimum absolute atomic E-state index is 0.295. The summed E-state index contributed by atoms with van der Waals surface area (Å²) in [5.41, 5.74) is 10.5. The Labute approximate surface area is 171 Å². The highest BCUT2D eigenvalue weighted by atomic mass is 35.5. The molecule has 0 saturated heterocycles. The second-order valence-electron chi connectivity index (χ2n) is 6.25. The topological polar surface area (TPSA) is 41.6 Å². The number of rotatable bonds is 4. The lowest BCUT2D eigenvalue weighted by Gasteiger charge is -2.31. The van der Waals surface area contributed by atoms with Gasteiger partial charge < -0.3 is 10.6 Å². The summed E-state index contributed by atoms with van der Waals surface area (Å²) < 4.78 is 0.859. The van der Waals surface area contributed by atoms with Gasteiger partial charge in [0, 0.05) is 48.9 Å². The van der Waals surface area contributed by atoms with Gasteiger partial charge in [-0.15, -0.1) is 11.3 Å². The Balaban J connectivity index is 0.000000596. The fraction of sp³-hybridized carbons (Fsp3) is 0.227. The third-order valence-corrected chi connectivity index (χ3v) is 5.62. The molecule has 0 aliphatic carbocycles. The first kappa shape index (κ1) is 21.2. The molecule has 1 aromatic carbocycles. The van der Waals surface area contributed by atoms with Crippen LogP contribution >= 0.6 is 22.9 Å². The van der Waals surface area contributed by atoms with E-state index in [0.29, 0.717) is 5.92 Å². The molecule has 1 aliphatic rings. The van der Waals surface area contributed by atoms with Crippen LogP contribution in [0.2, 0.25) is 4.34 Å². The third-order valence-electron chi connectivity index (χ3n) is 4.36. The maximum atomic E-state index is 6.28. The number of halogens is 1. The van der Waals surface area contributed by atoms with Gasteiger partial charge in [0.1, 0.15) is 0 Å². The summed E-state index contributed by atoms with van der Waals surface area (Å²) in [6.07, 6.45) is 6.72. The van der Waals surface area contributed by atoms with Crippen LogP contribution in [-0.2, 0) is 6.54 Å². The number of nitrogens with two attached hydrogens (primary N) is 1. The molecule has 2 heterocycles. The predicted octanol–water partition coefficient (Wildman–Crippen LogP) is 5.34. The minimum atomic E-state index is 0.295. The first-order valence-corrected chi connectivity index (χ1v) is 9.88. The van der Waals surface area contributed by atoms with Crippen LogP contribution in [0.5, 0.6) is 0 Å². The molecule has 142 valence electrons. The maximum absolute atomic E-state index is 6.28. The van der Waals surface area contributed by atoms with E-state index in [-0.39, 0.29) is 0 Å². The second kappa shape index (κ2) is 10.3. The average molecular weight is 400 g/mol. The second-order valence-corrected chi connectivity index (χ2v) is 8.01. The SMILES string of the molecule is C=CC=C.CN=C/C(=C\N)c1ccccc1C1CN(C)Cc2sc(Cl)cc21. The van der Waals surface area contributed by atoms with Gasteiger partial charge in [0.25, 0.3) is 0 Å². The van der Waals surface area contributed by atoms with Crippen LogP contribution in [0, 0.1) is 0 Å². The predicted molar refractivity (Wildman–Crippen MR) is 121 cm³/mol. The van der Waals surface area contributed by atoms with Gasteiger partial charge in [0.2, 0.25) is 0 Å². The fourth-order valence-electron chi connectivity index (χ4n) is 3.22. The number of hydrogen-bond acceptors (Lipinski definition) is 4. The molecule has 0 saturated carbocycles. The maximum Gasteiger partial charge on any atom is 0.0934 e. The lowest BCUT2D eigenvalue weighted by atomic mass is 9.84. The van der Waals surface area contributed by atoms with E-state index in [9.17, 15) is 0 Å². The van der Waals surface area contributed by atoms with Gasteiger partial charge in [-0.1, -0.05) is 61.2 Å². The van der Waals surface area contributed by atoms with Crippen molar-refractivity contribution < 1.29 is 0 Å². The molecule has 1 aromatic heterocycles. The Kier molecular flexibility index (Phi) is 8.04. The lowest BCUT2D eigenvalue weighted by Crippen LogP contribution is -2.30. The van der Waals surface area contributed by atoms with Crippen molar-refractivity contribution in [1.29, 1.82) is 0 Å². The molecular weight excluding hydrogens is 374 g/mol. The first-order chi connectivity index (χ1) is 13.0. The fourth-order valence-corrected chi connectivity index (χ4v) is 4.64. The van der Waals surface area contributed by atoms with Crippen LogP contribution in [0.4, 0.5) is 0 Å². The van der Waals surface area contributed by atoms with Crippen molar-refractivity contribution in [3.63, 3.8) is 0 Å². The summed E-state index contributed by atoms with van der Waals surface area (Å²) in [5.74, 6) is 0.295. The van der Waals surface area contributed by atoms with Crippen molar-refractivity contribution >= 4 is 34.7 Å². The van der Waals surface area contributed by atoms with Gasteiger partial charge in [-0.3, -0.25) is 4.99 Å². The summed E-state index contributed by atoms with van der Waals surface area (Å²) in [5, 5.41) is 0. The zero-order valence-electron chi connectivity index (χ0n) is 15.9. The van der Waals surface area contributed by atoms with E-state index < -0.39 is 0 Å². The van der Waals surface area contributed by atoms with E-state index in [1.54, 1.807) is 36.7 Å². The molecule has 0 bridgehead atoms. The molecular formula is C22H26ClN3S. The number of thiophene rings is 1. The van der Waals surface area contributed by atoms with Gasteiger partial charge in [-0.05, 0) is 29.8 Å². The Hall–Kier alpha value is -2.14. The monoisotopic (exact) mass is 399 g/mol. The standard InChI is InChI=1S/C18H20ClN3S.C4H6/c1-21-9-12(8-20)13-5-3-4-6-14(13)16-10-22(2)11-17-15(16)7-18(19)23-17;1-3-4-2/h3-9,16H,10-11,20H2,1-2H3;3-4H,1-2H2/b12-8+,21-9?;. The Bertz CT molecular complexity index is 845. The normalized spacial score (nSPS) is 17.1. The summed E-state index contributed by atoms with van der Waals surface area (Å²) >= 11 is 7.96. The Morgan fingerprint density at radius 1 is 1.30 bits per heavy atom. The molecule has 3 nitrogen and oxygen atoms in total. The molecule has 3 rings (SSSR count). The highest BCUT2D eigenvalue weighted by Crippen LogP contribution is 2.41. The van der Waals surface area contributed by atoms with Crippen LogP contribution < -0.4 is 5.73 Å². The van der Waals surface area contributed by atoms with Crippen molar-refractivity contribution in [2.45, 2.75) is 12.5 Å². The van der Waals surface area contributed by atoms with Crippen molar-refractivity contribution in [1.82, 2.24) is 4.90 Å². The molecule has 0 fully saturated rings. The molecule has 2 N–H and O–H groups in total. The summed E-state index contributed by atoms with van der Waals surface area (Å²) in [7, 11) is 3.91. The van der Waals surface area contributed by atoms with E-state index in [1.165, 1.54) is 16.0 Å². The van der Waals surface area contributed by atoms with E-state index in [4.69, 9.17) is 17.3 Å². The summed E-state index contributed by atoms with van der Waals surface area (Å²) in [4.78, 5) is 7.83. The molecule has 1 unspecified atom stereocenters. The van der Waals surface area contributed by atoms with Gasteiger partial charge in [-0.2, -0.15) is 0 Å². The Morgan fingerprint density at radius 3 is 2.63 bits per heavy atom. The van der Waals surface area contributed by atoms with E-state index in [2.05, 4.69) is 54.4 Å². The first-order valence-electron chi connectivity index (χ1n) is 8.69. The van der Waals surface area contributed by atoms with Gasteiger partial charge in [0.15, 0.2) is 0 Å².